The lowest BCUT2D eigenvalue weighted by atomic mass is 9.95. The lowest BCUT2D eigenvalue weighted by molar-refractivity contribution is -0.139. The van der Waals surface area contributed by atoms with Crippen molar-refractivity contribution in [2.24, 2.45) is 4.99 Å². The van der Waals surface area contributed by atoms with Crippen molar-refractivity contribution in [2.75, 3.05) is 13.7 Å². The van der Waals surface area contributed by atoms with Crippen molar-refractivity contribution in [3.05, 3.63) is 115 Å². The maximum absolute atomic E-state index is 14.1. The van der Waals surface area contributed by atoms with E-state index in [1.165, 1.54) is 11.3 Å². The van der Waals surface area contributed by atoms with Gasteiger partial charge in [-0.05, 0) is 141 Å². The molecule has 0 unspecified atom stereocenters. The Morgan fingerprint density at radius 2 is 1.78 bits per heavy atom. The maximum Gasteiger partial charge on any atom is 0.338 e. The zero-order chi connectivity index (χ0) is 33.1. The first-order valence-corrected chi connectivity index (χ1v) is 17.9. The summed E-state index contributed by atoms with van der Waals surface area (Å²) in [5, 5.41) is 0. The number of methoxy groups -OCH3 is 1. The van der Waals surface area contributed by atoms with Crippen LogP contribution in [-0.4, -0.2) is 30.4 Å². The van der Waals surface area contributed by atoms with Crippen LogP contribution < -0.4 is 29.1 Å². The minimum absolute atomic E-state index is 0.0664. The normalized spacial score (nSPS) is 14.6. The van der Waals surface area contributed by atoms with Gasteiger partial charge in [-0.15, -0.1) is 0 Å². The number of rotatable bonds is 10. The predicted molar refractivity (Wildman–Crippen MR) is 194 cm³/mol. The first-order valence-electron chi connectivity index (χ1n) is 14.4. The highest BCUT2D eigenvalue weighted by atomic mass is 127. The molecule has 0 saturated heterocycles. The fourth-order valence-electron chi connectivity index (χ4n) is 5.00. The van der Waals surface area contributed by atoms with Crippen LogP contribution in [0.1, 0.15) is 50.4 Å². The summed E-state index contributed by atoms with van der Waals surface area (Å²) in [7, 11) is 1.56. The number of esters is 1. The molecule has 1 aromatic heterocycles. The van der Waals surface area contributed by atoms with Crippen LogP contribution in [0.5, 0.6) is 17.2 Å². The molecule has 46 heavy (non-hydrogen) atoms. The number of benzene rings is 3. The smallest absolute Gasteiger partial charge is 0.338 e. The second-order valence-electron chi connectivity index (χ2n) is 10.6. The Labute approximate surface area is 301 Å². The van der Waals surface area contributed by atoms with Gasteiger partial charge in [0.1, 0.15) is 12.4 Å². The first-order chi connectivity index (χ1) is 22.0. The fraction of sp³-hybridized carbons (Fsp3) is 0.265. The largest absolute Gasteiger partial charge is 0.493 e. The van der Waals surface area contributed by atoms with E-state index >= 15 is 0 Å². The lowest BCUT2D eigenvalue weighted by Crippen LogP contribution is -2.40. The summed E-state index contributed by atoms with van der Waals surface area (Å²) in [4.78, 5) is 32.6. The minimum Gasteiger partial charge on any atom is -0.493 e. The van der Waals surface area contributed by atoms with Gasteiger partial charge in [-0.25, -0.2) is 9.79 Å². The standard InChI is InChI=1S/C34H31Br2IN2O6S/c1-6-43-33(41)29-19(4)38-34-39(30(29)22-9-12-26(45-18(2)3)27(16-22)42-5)32(40)28(46-34)15-21-13-24(35)31(25(36)14-21)44-17-20-7-10-23(37)11-8-20/h7-16,18,30H,6,17H2,1-5H3/b28-15-/t30-/m1/s1. The van der Waals surface area contributed by atoms with Gasteiger partial charge in [0, 0.05) is 3.57 Å². The Morgan fingerprint density at radius 1 is 1.09 bits per heavy atom. The predicted octanol–water partition coefficient (Wildman–Crippen LogP) is 7.30. The van der Waals surface area contributed by atoms with E-state index < -0.39 is 12.0 Å². The number of carbonyl (C=O) groups is 1. The van der Waals surface area contributed by atoms with Crippen LogP contribution >= 0.6 is 65.8 Å². The van der Waals surface area contributed by atoms with E-state index in [9.17, 15) is 9.59 Å². The number of hydrogen-bond acceptors (Lipinski definition) is 8. The van der Waals surface area contributed by atoms with E-state index in [1.54, 1.807) is 37.7 Å². The van der Waals surface area contributed by atoms with E-state index in [2.05, 4.69) is 59.4 Å². The summed E-state index contributed by atoms with van der Waals surface area (Å²) in [6, 6.07) is 16.6. The van der Waals surface area contributed by atoms with Crippen LogP contribution in [-0.2, 0) is 16.1 Å². The molecule has 3 aromatic carbocycles. The second kappa shape index (κ2) is 14.9. The third-order valence-electron chi connectivity index (χ3n) is 7.00. The van der Waals surface area contributed by atoms with Gasteiger partial charge in [-0.1, -0.05) is 29.5 Å². The molecule has 0 saturated carbocycles. The van der Waals surface area contributed by atoms with Crippen molar-refractivity contribution in [1.82, 2.24) is 4.57 Å². The first kappa shape index (κ1) is 34.4. The highest BCUT2D eigenvalue weighted by Crippen LogP contribution is 2.37. The average molecular weight is 882 g/mol. The maximum atomic E-state index is 14.1. The summed E-state index contributed by atoms with van der Waals surface area (Å²) in [6.07, 6.45) is 1.74. The van der Waals surface area contributed by atoms with Crippen LogP contribution in [0.25, 0.3) is 6.08 Å². The van der Waals surface area contributed by atoms with Crippen LogP contribution in [0.4, 0.5) is 0 Å². The molecule has 1 aliphatic heterocycles. The van der Waals surface area contributed by atoms with Crippen molar-refractivity contribution in [1.29, 1.82) is 0 Å². The zero-order valence-electron chi connectivity index (χ0n) is 25.7. The van der Waals surface area contributed by atoms with Crippen molar-refractivity contribution in [3.8, 4) is 17.2 Å². The topological polar surface area (TPSA) is 88.4 Å². The SMILES string of the molecule is CCOC(=O)C1=C(C)N=c2s/c(=C\c3cc(Br)c(OCc4ccc(I)cc4)c(Br)c3)c(=O)n2[C@@H]1c1ccc(OC(C)C)c(OC)c1. The molecule has 1 atom stereocenters. The van der Waals surface area contributed by atoms with E-state index in [0.29, 0.717) is 50.0 Å². The van der Waals surface area contributed by atoms with E-state index in [1.807, 2.05) is 62.4 Å². The molecular formula is C34H31Br2IN2O6S. The Hall–Kier alpha value is -2.94. The molecule has 8 nitrogen and oxygen atoms in total. The number of allylic oxidation sites excluding steroid dienone is 1. The van der Waals surface area contributed by atoms with Gasteiger partial charge in [0.15, 0.2) is 16.3 Å². The number of hydrogen-bond donors (Lipinski definition) is 0. The molecule has 12 heteroatoms. The van der Waals surface area contributed by atoms with Gasteiger partial charge in [0.05, 0.1) is 50.6 Å². The van der Waals surface area contributed by atoms with E-state index in [0.717, 1.165) is 23.6 Å². The molecule has 2 heterocycles. The van der Waals surface area contributed by atoms with Crippen molar-refractivity contribution >= 4 is 77.8 Å². The van der Waals surface area contributed by atoms with Crippen LogP contribution in [0.3, 0.4) is 0 Å². The van der Waals surface area contributed by atoms with Gasteiger partial charge in [-0.2, -0.15) is 0 Å². The summed E-state index contributed by atoms with van der Waals surface area (Å²) in [5.41, 5.74) is 2.99. The number of carbonyl (C=O) groups excluding carboxylic acids is 1. The Morgan fingerprint density at radius 3 is 2.41 bits per heavy atom. The van der Waals surface area contributed by atoms with Gasteiger partial charge < -0.3 is 18.9 Å². The molecule has 0 fully saturated rings. The number of fused-ring (bicyclic) bond motifs is 1. The second-order valence-corrected chi connectivity index (χ2v) is 14.6. The monoisotopic (exact) mass is 880 g/mol. The van der Waals surface area contributed by atoms with Gasteiger partial charge >= 0.3 is 5.97 Å². The Kier molecular flexibility index (Phi) is 11.1. The lowest BCUT2D eigenvalue weighted by Gasteiger charge is -2.25. The number of aromatic nitrogens is 1. The number of nitrogens with zero attached hydrogens (tertiary/aromatic N) is 2. The molecule has 240 valence electrons. The summed E-state index contributed by atoms with van der Waals surface area (Å²) >= 11 is 10.8. The molecule has 1 aliphatic rings. The number of halogens is 3. The number of thiazole rings is 1. The van der Waals surface area contributed by atoms with Crippen molar-refractivity contribution < 1.29 is 23.7 Å². The molecule has 0 amide bonds. The zero-order valence-corrected chi connectivity index (χ0v) is 31.9. The highest BCUT2D eigenvalue weighted by Gasteiger charge is 2.34. The quantitative estimate of drug-likeness (QED) is 0.123. The molecule has 0 spiro atoms. The molecule has 0 bridgehead atoms. The van der Waals surface area contributed by atoms with Crippen molar-refractivity contribution in [2.45, 2.75) is 46.4 Å². The summed E-state index contributed by atoms with van der Waals surface area (Å²) in [6.45, 7) is 7.95. The Bertz CT molecular complexity index is 1980. The van der Waals surface area contributed by atoms with Gasteiger partial charge in [0.2, 0.25) is 0 Å². The molecule has 0 aliphatic carbocycles. The fourth-order valence-corrected chi connectivity index (χ4v) is 7.86. The van der Waals surface area contributed by atoms with Crippen LogP contribution in [0.15, 0.2) is 84.6 Å². The van der Waals surface area contributed by atoms with E-state index in [4.69, 9.17) is 18.9 Å². The summed E-state index contributed by atoms with van der Waals surface area (Å²) in [5.74, 6) is 1.18. The van der Waals surface area contributed by atoms with Crippen LogP contribution in [0, 0.1) is 3.57 Å². The van der Waals surface area contributed by atoms with Crippen molar-refractivity contribution in [3.63, 3.8) is 0 Å². The highest BCUT2D eigenvalue weighted by molar-refractivity contribution is 14.1. The van der Waals surface area contributed by atoms with Gasteiger partial charge in [-0.3, -0.25) is 9.36 Å². The molecule has 5 rings (SSSR count). The Balaban J connectivity index is 1.57. The van der Waals surface area contributed by atoms with Gasteiger partial charge in [0.25, 0.3) is 5.56 Å². The molecule has 0 radical (unpaired) electrons. The third-order valence-corrected chi connectivity index (χ3v) is 9.88. The number of ether oxygens (including phenoxy) is 4. The molecule has 4 aromatic rings. The molecule has 0 N–H and O–H groups in total. The third kappa shape index (κ3) is 7.45. The van der Waals surface area contributed by atoms with Crippen LogP contribution in [0.2, 0.25) is 0 Å². The molecular weight excluding hydrogens is 851 g/mol. The average Bonchev–Trinajstić information content (AvgIpc) is 3.30. The summed E-state index contributed by atoms with van der Waals surface area (Å²) < 4.78 is 27.7. The van der Waals surface area contributed by atoms with E-state index in [-0.39, 0.29) is 18.3 Å². The minimum atomic E-state index is -0.782.